The van der Waals surface area contributed by atoms with Crippen LogP contribution in [0.1, 0.15) is 81.1 Å². The predicted octanol–water partition coefficient (Wildman–Crippen LogP) is 2.68. The Bertz CT molecular complexity index is 2180. The second kappa shape index (κ2) is 23.1. The van der Waals surface area contributed by atoms with Gasteiger partial charge in [0.15, 0.2) is 0 Å². The zero-order valence-corrected chi connectivity index (χ0v) is 37.6. The Hall–Kier alpha value is -6.57. The fourth-order valence-corrected chi connectivity index (χ4v) is 7.69. The van der Waals surface area contributed by atoms with E-state index in [4.69, 9.17) is 9.47 Å². The van der Waals surface area contributed by atoms with Gasteiger partial charge in [-0.2, -0.15) is 8.78 Å². The van der Waals surface area contributed by atoms with E-state index in [1.807, 2.05) is 24.3 Å². The Kier molecular flexibility index (Phi) is 17.6. The lowest BCUT2D eigenvalue weighted by atomic mass is 9.98. The topological polar surface area (TPSA) is 239 Å². The van der Waals surface area contributed by atoms with Gasteiger partial charge in [0, 0.05) is 31.9 Å². The third kappa shape index (κ3) is 13.0. The van der Waals surface area contributed by atoms with Gasteiger partial charge in [-0.15, -0.1) is 0 Å². The van der Waals surface area contributed by atoms with E-state index in [2.05, 4.69) is 25.9 Å². The average molecular weight is 921 g/mol. The lowest BCUT2D eigenvalue weighted by Crippen LogP contribution is -2.61. The number of amides is 6. The number of carbonyl (C=O) groups is 7. The van der Waals surface area contributed by atoms with E-state index < -0.39 is 102 Å². The average Bonchev–Trinajstić information content (AvgIpc) is 3.74. The first-order chi connectivity index (χ1) is 31.4. The van der Waals surface area contributed by atoms with Gasteiger partial charge in [-0.05, 0) is 41.4 Å². The molecule has 66 heavy (non-hydrogen) atoms. The predicted molar refractivity (Wildman–Crippen MR) is 233 cm³/mol. The van der Waals surface area contributed by atoms with E-state index in [1.165, 1.54) is 23.5 Å². The highest BCUT2D eigenvalue weighted by molar-refractivity contribution is 5.98. The van der Waals surface area contributed by atoms with Crippen molar-refractivity contribution in [2.45, 2.75) is 116 Å². The molecule has 6 amide bonds. The molecule has 0 aliphatic carbocycles. The van der Waals surface area contributed by atoms with E-state index in [0.29, 0.717) is 18.5 Å². The van der Waals surface area contributed by atoms with Gasteiger partial charge in [-0.25, -0.2) is 9.78 Å². The fraction of sp³-hybridized carbons (Fsp3) is 0.500. The van der Waals surface area contributed by atoms with Gasteiger partial charge in [0.25, 0.3) is 11.8 Å². The number of aliphatic hydroxyl groups excluding tert-OH is 1. The third-order valence-corrected chi connectivity index (χ3v) is 11.4. The van der Waals surface area contributed by atoms with Crippen LogP contribution in [0.3, 0.4) is 0 Å². The first kappa shape index (κ1) is 50.4. The first-order valence-electron chi connectivity index (χ1n) is 21.9. The van der Waals surface area contributed by atoms with E-state index >= 15 is 8.78 Å². The number of rotatable bonds is 19. The normalized spacial score (nSPS) is 17.7. The van der Waals surface area contributed by atoms with Crippen molar-refractivity contribution < 1.29 is 56.9 Å². The van der Waals surface area contributed by atoms with E-state index in [1.54, 1.807) is 70.3 Å². The molecule has 1 unspecified atom stereocenters. The molecule has 1 fully saturated rings. The van der Waals surface area contributed by atoms with Crippen molar-refractivity contribution in [1.82, 2.24) is 41.0 Å². The molecule has 3 aromatic rings. The molecule has 5 rings (SSSR count). The van der Waals surface area contributed by atoms with Crippen LogP contribution in [0.2, 0.25) is 0 Å². The van der Waals surface area contributed by atoms with Gasteiger partial charge in [0.2, 0.25) is 17.7 Å². The lowest BCUT2D eigenvalue weighted by molar-refractivity contribution is -0.169. The number of esters is 1. The minimum atomic E-state index is -4.52. The Morgan fingerprint density at radius 2 is 1.58 bits per heavy atom. The van der Waals surface area contributed by atoms with Crippen LogP contribution >= 0.6 is 0 Å². The number of hydrogen-bond acceptors (Lipinski definition) is 12. The van der Waals surface area contributed by atoms with Crippen LogP contribution in [0, 0.1) is 11.8 Å². The molecular formula is C46H58F2N8O10. The van der Waals surface area contributed by atoms with E-state index in [9.17, 15) is 38.7 Å². The first-order valence-corrected chi connectivity index (χ1v) is 21.9. The largest absolute Gasteiger partial charge is 0.460 e. The minimum Gasteiger partial charge on any atom is -0.460 e. The number of hydrogen-bond donors (Lipinski definition) is 5. The zero-order chi connectivity index (χ0) is 48.1. The summed E-state index contributed by atoms with van der Waals surface area (Å²) in [6, 6.07) is 10.5. The molecule has 2 aliphatic rings. The maximum absolute atomic E-state index is 15.6. The fourth-order valence-electron chi connectivity index (χ4n) is 7.69. The molecule has 1 aromatic heterocycles. The van der Waals surface area contributed by atoms with Crippen LogP contribution in [-0.4, -0.2) is 128 Å². The number of ether oxygens (including phenoxy) is 2. The molecule has 1 saturated heterocycles. The molecule has 0 bridgehead atoms. The van der Waals surface area contributed by atoms with Crippen molar-refractivity contribution >= 4 is 41.6 Å². The number of likely N-dealkylation sites (tertiary alicyclic amines) is 1. The molecule has 6 atom stereocenters. The molecule has 0 spiro atoms. The van der Waals surface area contributed by atoms with Crippen molar-refractivity contribution in [3.8, 4) is 0 Å². The summed E-state index contributed by atoms with van der Waals surface area (Å²) in [6.45, 7) is 7.43. The molecule has 3 heterocycles. The summed E-state index contributed by atoms with van der Waals surface area (Å²) in [5.41, 5.74) is 2.59. The van der Waals surface area contributed by atoms with Crippen LogP contribution in [0.25, 0.3) is 0 Å². The molecule has 2 aromatic carbocycles. The Morgan fingerprint density at radius 3 is 2.23 bits per heavy atom. The van der Waals surface area contributed by atoms with Gasteiger partial charge >= 0.3 is 18.0 Å². The number of alkyl halides is 2. The number of nitrogens with one attached hydrogen (secondary N) is 4. The molecule has 20 heteroatoms. The van der Waals surface area contributed by atoms with Gasteiger partial charge < -0.3 is 45.6 Å². The summed E-state index contributed by atoms with van der Waals surface area (Å²) in [7, 11) is 0. The highest BCUT2D eigenvalue weighted by Crippen LogP contribution is 2.28. The molecular weight excluding hydrogens is 863 g/mol. The number of fused-ring (bicyclic) bond motifs is 1. The molecule has 18 nitrogen and oxygen atoms in total. The standard InChI is InChI=1S/C46H58F2N8O10/c1-6-12-33(39(58)46(47,48)44(63)51-23-36(57)65-26-29-13-8-7-9-14-29)52-41(60)35-21-32(66-45(64)55-20-17-30-15-10-11-16-31(30)24-55)25-56(35)43(62)38(28(4)5)54-42(61)37(27(2)3)53-40(59)34-22-49-18-19-50-34/h7-11,13-16,18-19,22,27-28,32-33,35,37-39,58H,6,12,17,20-21,23-26H2,1-5H3,(H,51,63)(H,52,60)(H,53,59)(H,54,61)/t32-,33+,35+,37+,38+,39?/m1/s1. The monoisotopic (exact) mass is 920 g/mol. The Balaban J connectivity index is 1.33. The van der Waals surface area contributed by atoms with Crippen molar-refractivity contribution in [1.29, 1.82) is 0 Å². The summed E-state index contributed by atoms with van der Waals surface area (Å²) in [6.07, 6.45) is -0.459. The number of aromatic nitrogens is 2. The minimum absolute atomic E-state index is 0.0446. The van der Waals surface area contributed by atoms with Crippen molar-refractivity contribution in [2.75, 3.05) is 19.6 Å². The van der Waals surface area contributed by atoms with Crippen molar-refractivity contribution in [2.24, 2.45) is 11.8 Å². The van der Waals surface area contributed by atoms with Crippen LogP contribution in [-0.2, 0) is 53.0 Å². The van der Waals surface area contributed by atoms with Crippen molar-refractivity contribution in [3.05, 3.63) is 95.6 Å². The zero-order valence-electron chi connectivity index (χ0n) is 37.6. The van der Waals surface area contributed by atoms with Crippen LogP contribution in [0.5, 0.6) is 0 Å². The summed E-state index contributed by atoms with van der Waals surface area (Å²) in [5, 5.41) is 20.5. The quantitative estimate of drug-likeness (QED) is 0.109. The van der Waals surface area contributed by atoms with Crippen LogP contribution in [0.15, 0.2) is 73.2 Å². The highest BCUT2D eigenvalue weighted by atomic mass is 19.3. The van der Waals surface area contributed by atoms with Crippen LogP contribution < -0.4 is 21.3 Å². The lowest BCUT2D eigenvalue weighted by Gasteiger charge is -2.33. The Morgan fingerprint density at radius 1 is 0.894 bits per heavy atom. The maximum Gasteiger partial charge on any atom is 0.410 e. The van der Waals surface area contributed by atoms with Crippen LogP contribution in [0.4, 0.5) is 13.6 Å². The molecule has 5 N–H and O–H groups in total. The number of aliphatic hydroxyl groups is 1. The summed E-state index contributed by atoms with van der Waals surface area (Å²) in [5.74, 6) is -11.8. The second-order valence-electron chi connectivity index (χ2n) is 17.0. The summed E-state index contributed by atoms with van der Waals surface area (Å²) in [4.78, 5) is 105. The molecule has 356 valence electrons. The maximum atomic E-state index is 15.6. The van der Waals surface area contributed by atoms with Gasteiger partial charge in [-0.3, -0.25) is 33.8 Å². The van der Waals surface area contributed by atoms with Gasteiger partial charge in [-0.1, -0.05) is 95.6 Å². The number of carbonyl (C=O) groups excluding carboxylic acids is 7. The van der Waals surface area contributed by atoms with E-state index in [-0.39, 0.29) is 44.7 Å². The smallest absolute Gasteiger partial charge is 0.410 e. The number of nitrogens with zero attached hydrogens (tertiary/aromatic N) is 4. The number of benzene rings is 2. The molecule has 0 saturated carbocycles. The third-order valence-electron chi connectivity index (χ3n) is 11.4. The second-order valence-corrected chi connectivity index (χ2v) is 17.0. The molecule has 0 radical (unpaired) electrons. The van der Waals surface area contributed by atoms with E-state index in [0.717, 1.165) is 16.0 Å². The van der Waals surface area contributed by atoms with Crippen molar-refractivity contribution in [3.63, 3.8) is 0 Å². The summed E-state index contributed by atoms with van der Waals surface area (Å²) >= 11 is 0. The molecule has 2 aliphatic heterocycles. The highest BCUT2D eigenvalue weighted by Gasteiger charge is 2.52. The Labute approximate surface area is 381 Å². The van der Waals surface area contributed by atoms with Gasteiger partial charge in [0.1, 0.15) is 49.2 Å². The number of halogens is 2. The summed E-state index contributed by atoms with van der Waals surface area (Å²) < 4.78 is 42.2. The van der Waals surface area contributed by atoms with Gasteiger partial charge in [0.05, 0.1) is 18.8 Å². The SMILES string of the molecule is CCC[C@H](NC(=O)[C@@H]1C[C@@H](OC(=O)N2CCc3ccccc3C2)CN1C(=O)[C@@H](NC(=O)[C@@H](NC(=O)c1cnccn1)C(C)C)C(C)C)C(O)C(F)(F)C(=O)NCC(=O)OCc1ccccc1.